The van der Waals surface area contributed by atoms with Crippen molar-refractivity contribution in [1.29, 1.82) is 0 Å². The van der Waals surface area contributed by atoms with Crippen molar-refractivity contribution in [3.05, 3.63) is 95.1 Å². The first-order valence-electron chi connectivity index (χ1n) is 10.7. The predicted octanol–water partition coefficient (Wildman–Crippen LogP) is 5.55. The molecule has 1 aliphatic rings. The molecule has 0 aromatic heterocycles. The molecule has 1 heterocycles. The van der Waals surface area contributed by atoms with Crippen molar-refractivity contribution in [1.82, 2.24) is 0 Å². The third kappa shape index (κ3) is 3.86. The van der Waals surface area contributed by atoms with E-state index in [2.05, 4.69) is 26.0 Å². The molecule has 1 atom stereocenters. The summed E-state index contributed by atoms with van der Waals surface area (Å²) in [6, 6.07) is 22.8. The van der Waals surface area contributed by atoms with Crippen molar-refractivity contribution in [3.63, 3.8) is 0 Å². The summed E-state index contributed by atoms with van der Waals surface area (Å²) in [4.78, 5) is 30.7. The number of amides is 2. The van der Waals surface area contributed by atoms with Gasteiger partial charge >= 0.3 is 0 Å². The van der Waals surface area contributed by atoms with Gasteiger partial charge in [-0.05, 0) is 54.2 Å². The molecule has 158 valence electrons. The van der Waals surface area contributed by atoms with Crippen LogP contribution in [0.1, 0.15) is 48.1 Å². The molecule has 0 N–H and O–H groups in total. The standard InChI is InChI=1S/C27H28N2O2/c1-18(2)21-13-15-22(16-14-21)26-27(31)28(25-19(3)9-8-10-20(25)4)17-24(30)29(26)23-11-6-5-7-12-23/h5-16,18,26H,17H2,1-4H3. The van der Waals surface area contributed by atoms with E-state index < -0.39 is 6.04 Å². The quantitative estimate of drug-likeness (QED) is 0.564. The Balaban J connectivity index is 1.84. The zero-order chi connectivity index (χ0) is 22.1. The van der Waals surface area contributed by atoms with E-state index in [1.807, 2.05) is 74.5 Å². The Morgan fingerprint density at radius 3 is 2.00 bits per heavy atom. The highest BCUT2D eigenvalue weighted by Gasteiger charge is 2.42. The van der Waals surface area contributed by atoms with E-state index in [9.17, 15) is 9.59 Å². The number of carbonyl (C=O) groups excluding carboxylic acids is 2. The van der Waals surface area contributed by atoms with Crippen LogP contribution < -0.4 is 9.80 Å². The Morgan fingerprint density at radius 2 is 1.42 bits per heavy atom. The largest absolute Gasteiger partial charge is 0.300 e. The van der Waals surface area contributed by atoms with Gasteiger partial charge in [0.15, 0.2) is 0 Å². The van der Waals surface area contributed by atoms with Crippen molar-refractivity contribution in [2.24, 2.45) is 0 Å². The van der Waals surface area contributed by atoms with E-state index in [1.54, 1.807) is 9.80 Å². The van der Waals surface area contributed by atoms with Gasteiger partial charge in [0.2, 0.25) is 5.91 Å². The molecule has 1 unspecified atom stereocenters. The second-order valence-electron chi connectivity index (χ2n) is 8.49. The number of para-hydroxylation sites is 2. The van der Waals surface area contributed by atoms with Gasteiger partial charge < -0.3 is 4.90 Å². The summed E-state index contributed by atoms with van der Waals surface area (Å²) in [5.74, 6) is 0.221. The minimum absolute atomic E-state index is 0.0278. The molecule has 0 bridgehead atoms. The van der Waals surface area contributed by atoms with Gasteiger partial charge in [-0.3, -0.25) is 14.5 Å². The van der Waals surface area contributed by atoms with Crippen molar-refractivity contribution in [2.75, 3.05) is 16.3 Å². The molecule has 2 amide bonds. The van der Waals surface area contributed by atoms with Crippen LogP contribution in [0, 0.1) is 13.8 Å². The molecule has 3 aromatic rings. The van der Waals surface area contributed by atoms with Gasteiger partial charge in [-0.15, -0.1) is 0 Å². The number of piperazine rings is 1. The maximum absolute atomic E-state index is 13.9. The van der Waals surface area contributed by atoms with Crippen LogP contribution in [-0.4, -0.2) is 18.4 Å². The number of hydrogen-bond donors (Lipinski definition) is 0. The van der Waals surface area contributed by atoms with E-state index in [0.717, 1.165) is 28.1 Å². The predicted molar refractivity (Wildman–Crippen MR) is 125 cm³/mol. The van der Waals surface area contributed by atoms with Gasteiger partial charge in [0.05, 0.1) is 5.69 Å². The summed E-state index contributed by atoms with van der Waals surface area (Å²) < 4.78 is 0. The van der Waals surface area contributed by atoms with E-state index in [4.69, 9.17) is 0 Å². The average molecular weight is 413 g/mol. The monoisotopic (exact) mass is 412 g/mol. The van der Waals surface area contributed by atoms with Crippen LogP contribution in [-0.2, 0) is 9.59 Å². The van der Waals surface area contributed by atoms with Crippen LogP contribution in [0.15, 0.2) is 72.8 Å². The van der Waals surface area contributed by atoms with Gasteiger partial charge in [0, 0.05) is 5.69 Å². The fourth-order valence-electron chi connectivity index (χ4n) is 4.35. The van der Waals surface area contributed by atoms with Crippen LogP contribution in [0.3, 0.4) is 0 Å². The summed E-state index contributed by atoms with van der Waals surface area (Å²) in [5.41, 5.74) is 5.57. The lowest BCUT2D eigenvalue weighted by Gasteiger charge is -2.41. The molecule has 4 heteroatoms. The number of anilines is 2. The Labute approximate surface area is 184 Å². The molecule has 0 saturated carbocycles. The summed E-state index contributed by atoms with van der Waals surface area (Å²) in [5, 5.41) is 0. The lowest BCUT2D eigenvalue weighted by Crippen LogP contribution is -2.56. The molecule has 0 spiro atoms. The molecule has 31 heavy (non-hydrogen) atoms. The summed E-state index contributed by atoms with van der Waals surface area (Å²) in [7, 11) is 0. The van der Waals surface area contributed by atoms with Crippen molar-refractivity contribution in [2.45, 2.75) is 39.7 Å². The summed E-state index contributed by atoms with van der Waals surface area (Å²) in [6.45, 7) is 8.28. The lowest BCUT2D eigenvalue weighted by atomic mass is 9.95. The lowest BCUT2D eigenvalue weighted by molar-refractivity contribution is -0.128. The normalized spacial score (nSPS) is 16.9. The molecular formula is C27H28N2O2. The maximum Gasteiger partial charge on any atom is 0.255 e. The van der Waals surface area contributed by atoms with E-state index in [0.29, 0.717) is 5.92 Å². The van der Waals surface area contributed by atoms with E-state index in [1.165, 1.54) is 5.56 Å². The second-order valence-corrected chi connectivity index (χ2v) is 8.49. The van der Waals surface area contributed by atoms with Crippen LogP contribution in [0.25, 0.3) is 0 Å². The highest BCUT2D eigenvalue weighted by atomic mass is 16.2. The first-order chi connectivity index (χ1) is 14.9. The highest BCUT2D eigenvalue weighted by Crippen LogP contribution is 2.36. The Kier molecular flexibility index (Phi) is 5.64. The molecule has 1 aliphatic heterocycles. The smallest absolute Gasteiger partial charge is 0.255 e. The van der Waals surface area contributed by atoms with Gasteiger partial charge in [-0.1, -0.05) is 74.5 Å². The number of benzene rings is 3. The minimum atomic E-state index is -0.705. The van der Waals surface area contributed by atoms with Gasteiger partial charge in [0.25, 0.3) is 5.91 Å². The van der Waals surface area contributed by atoms with E-state index >= 15 is 0 Å². The fourth-order valence-corrected chi connectivity index (χ4v) is 4.35. The first kappa shape index (κ1) is 20.9. The van der Waals surface area contributed by atoms with Crippen molar-refractivity contribution >= 4 is 23.2 Å². The molecule has 1 saturated heterocycles. The van der Waals surface area contributed by atoms with Crippen LogP contribution in [0.2, 0.25) is 0 Å². The number of aryl methyl sites for hydroxylation is 2. The second kappa shape index (κ2) is 8.38. The molecule has 0 radical (unpaired) electrons. The SMILES string of the molecule is Cc1cccc(C)c1N1CC(=O)N(c2ccccc2)C(c2ccc(C(C)C)cc2)C1=O. The highest BCUT2D eigenvalue weighted by molar-refractivity contribution is 6.15. The third-order valence-electron chi connectivity index (χ3n) is 5.98. The van der Waals surface area contributed by atoms with Crippen LogP contribution in [0.4, 0.5) is 11.4 Å². The zero-order valence-corrected chi connectivity index (χ0v) is 18.5. The summed E-state index contributed by atoms with van der Waals surface area (Å²) >= 11 is 0. The third-order valence-corrected chi connectivity index (χ3v) is 5.98. The van der Waals surface area contributed by atoms with Gasteiger partial charge in [-0.25, -0.2) is 0 Å². The number of nitrogens with zero attached hydrogens (tertiary/aromatic N) is 2. The Hall–Kier alpha value is -3.40. The molecule has 1 fully saturated rings. The Bertz CT molecular complexity index is 1080. The van der Waals surface area contributed by atoms with Crippen molar-refractivity contribution in [3.8, 4) is 0 Å². The van der Waals surface area contributed by atoms with Crippen molar-refractivity contribution < 1.29 is 9.59 Å². The molecule has 3 aromatic carbocycles. The molecule has 0 aliphatic carbocycles. The maximum atomic E-state index is 13.9. The topological polar surface area (TPSA) is 40.6 Å². The number of hydrogen-bond acceptors (Lipinski definition) is 2. The number of carbonyl (C=O) groups is 2. The summed E-state index contributed by atoms with van der Waals surface area (Å²) in [6.07, 6.45) is 0. The van der Waals surface area contributed by atoms with Crippen LogP contribution >= 0.6 is 0 Å². The zero-order valence-electron chi connectivity index (χ0n) is 18.5. The number of rotatable bonds is 4. The molecule has 4 nitrogen and oxygen atoms in total. The van der Waals surface area contributed by atoms with Gasteiger partial charge in [0.1, 0.15) is 12.6 Å². The fraction of sp³-hybridized carbons (Fsp3) is 0.259. The first-order valence-corrected chi connectivity index (χ1v) is 10.7. The molecular weight excluding hydrogens is 384 g/mol. The molecule has 4 rings (SSSR count). The Morgan fingerprint density at radius 1 is 0.806 bits per heavy atom. The van der Waals surface area contributed by atoms with Crippen LogP contribution in [0.5, 0.6) is 0 Å². The van der Waals surface area contributed by atoms with Gasteiger partial charge in [-0.2, -0.15) is 0 Å². The van der Waals surface area contributed by atoms with E-state index in [-0.39, 0.29) is 18.4 Å². The minimum Gasteiger partial charge on any atom is -0.300 e. The average Bonchev–Trinajstić information content (AvgIpc) is 2.76.